The third-order valence-electron chi connectivity index (χ3n) is 5.56. The van der Waals surface area contributed by atoms with Crippen LogP contribution in [0.15, 0.2) is 54.1 Å². The molecule has 1 unspecified atom stereocenters. The Labute approximate surface area is 273 Å². The van der Waals surface area contributed by atoms with E-state index in [1.165, 1.54) is 0 Å². The molecule has 0 aromatic heterocycles. The van der Waals surface area contributed by atoms with Gasteiger partial charge >= 0.3 is 69.6 Å². The summed E-state index contributed by atoms with van der Waals surface area (Å²) < 4.78 is 38.2. The average Bonchev–Trinajstić information content (AvgIpc) is 2.88. The number of carbonyl (C=O) groups is 2. The van der Waals surface area contributed by atoms with E-state index in [9.17, 15) is 22.8 Å². The molecule has 3 rings (SSSR count). The molecule has 12 heteroatoms. The first-order valence-corrected chi connectivity index (χ1v) is 12.0. The second kappa shape index (κ2) is 16.9. The van der Waals surface area contributed by atoms with Crippen molar-refractivity contribution in [1.29, 1.82) is 10.8 Å². The summed E-state index contributed by atoms with van der Waals surface area (Å²) >= 11 is 5.51. The van der Waals surface area contributed by atoms with Gasteiger partial charge in [-0.15, -0.1) is 0 Å². The van der Waals surface area contributed by atoms with E-state index in [0.717, 1.165) is 10.6 Å². The number of aliphatic carboxylic acids is 1. The van der Waals surface area contributed by atoms with E-state index < -0.39 is 37.1 Å². The molecule has 4 N–H and O–H groups in total. The molecular weight excluding hydrogens is 560 g/mol. The zero-order valence-corrected chi connectivity index (χ0v) is 25.5. The number of halogens is 4. The number of nitrogens with zero attached hydrogens (tertiary/aromatic N) is 1. The van der Waals surface area contributed by atoms with Crippen LogP contribution in [0, 0.1) is 35.8 Å². The number of aryl methyl sites for hydroxylation is 1. The Kier molecular flexibility index (Phi) is 15.2. The van der Waals surface area contributed by atoms with E-state index in [-0.39, 0.29) is 75.9 Å². The number of rotatable bonds is 7. The van der Waals surface area contributed by atoms with Crippen LogP contribution in [0.1, 0.15) is 36.8 Å². The van der Waals surface area contributed by atoms with Crippen molar-refractivity contribution in [1.82, 2.24) is 10.2 Å². The van der Waals surface area contributed by atoms with Gasteiger partial charge < -0.3 is 15.8 Å². The van der Waals surface area contributed by atoms with Crippen LogP contribution < -0.4 is 56.7 Å². The molecule has 1 atom stereocenters. The number of amides is 2. The van der Waals surface area contributed by atoms with Crippen molar-refractivity contribution in [3.05, 3.63) is 82.4 Å². The summed E-state index contributed by atoms with van der Waals surface area (Å²) in [5.74, 6) is -1.86. The minimum Gasteiger partial charge on any atom is -0.481 e. The fraction of sp³-hybridized carbons (Fsp3) is 0.333. The van der Waals surface area contributed by atoms with Crippen molar-refractivity contribution in [3.63, 3.8) is 0 Å². The van der Waals surface area contributed by atoms with Crippen LogP contribution in [-0.2, 0) is 4.79 Å². The van der Waals surface area contributed by atoms with E-state index in [4.69, 9.17) is 27.5 Å². The molecule has 0 spiro atoms. The molecule has 2 aromatic carbocycles. The van der Waals surface area contributed by atoms with Gasteiger partial charge in [0.1, 0.15) is 5.84 Å². The molecule has 0 fully saturated rings. The van der Waals surface area contributed by atoms with E-state index >= 15 is 0 Å². The predicted octanol–water partition coefficient (Wildman–Crippen LogP) is 3.06. The van der Waals surface area contributed by atoms with Crippen molar-refractivity contribution in [2.24, 2.45) is 5.92 Å². The Bertz CT molecular complexity index is 1160. The summed E-state index contributed by atoms with van der Waals surface area (Å²) in [5, 5.41) is 28.4. The maximum absolute atomic E-state index is 12.7. The van der Waals surface area contributed by atoms with Crippen LogP contribution in [0.3, 0.4) is 0 Å². The quantitative estimate of drug-likeness (QED) is 0.173. The van der Waals surface area contributed by atoms with Crippen LogP contribution in [-0.4, -0.2) is 52.8 Å². The van der Waals surface area contributed by atoms with E-state index in [1.807, 2.05) is 25.1 Å². The van der Waals surface area contributed by atoms with Crippen molar-refractivity contribution < 1.29 is 79.3 Å². The zero-order chi connectivity index (χ0) is 28.3. The van der Waals surface area contributed by atoms with Gasteiger partial charge in [0.2, 0.25) is 0 Å². The molecule has 0 aliphatic heterocycles. The van der Waals surface area contributed by atoms with Gasteiger partial charge in [-0.3, -0.25) is 21.2 Å². The van der Waals surface area contributed by atoms with E-state index in [0.29, 0.717) is 28.9 Å². The molecule has 0 bridgehead atoms. The number of allylic oxidation sites excluding steroid dienone is 1. The van der Waals surface area contributed by atoms with Gasteiger partial charge in [-0.25, -0.2) is 10.4 Å². The number of carbonyl (C=O) groups excluding carboxylic acids is 1. The van der Waals surface area contributed by atoms with Crippen LogP contribution >= 0.6 is 11.6 Å². The molecular formula is C27H28ClF3KN4O3-. The Balaban J connectivity index is 0.000000823. The van der Waals surface area contributed by atoms with Crippen LogP contribution in [0.4, 0.5) is 18.0 Å². The number of hydrogen-bond acceptors (Lipinski definition) is 4. The first-order chi connectivity index (χ1) is 17.9. The number of benzene rings is 2. The van der Waals surface area contributed by atoms with E-state index in [1.54, 1.807) is 30.3 Å². The van der Waals surface area contributed by atoms with Crippen molar-refractivity contribution in [2.45, 2.75) is 38.8 Å². The molecule has 0 radical (unpaired) electrons. The molecule has 0 heterocycles. The largest absolute Gasteiger partial charge is 1.00 e. The van der Waals surface area contributed by atoms with Gasteiger partial charge in [-0.05, 0) is 19.9 Å². The topological polar surface area (TPSA) is 117 Å². The number of carboxylic acid groups (broad SMARTS) is 1. The minimum atomic E-state index is -4.50. The standard InChI is InChI=1S/C21H24F3N4O3.C6H4Cl.K/c1-13-2-4-15(5-3-13)18(26)28(11-10-21(22,23)24)20(31)27-12-17(25)14-6-8-16(9-7-14)19(29)30;7-6-4-2-1-3-5-6;/h2-5,16,25-26H,6,8-12H2,1H3,(H,27,31)(H,29,30);1-2,4-5H;/q2*-1;+1. The van der Waals surface area contributed by atoms with Crippen LogP contribution in [0.2, 0.25) is 5.02 Å². The molecule has 39 heavy (non-hydrogen) atoms. The molecule has 1 aliphatic carbocycles. The Morgan fingerprint density at radius 3 is 2.33 bits per heavy atom. The maximum Gasteiger partial charge on any atom is 1.00 e. The number of carboxylic acids is 1. The van der Waals surface area contributed by atoms with E-state index in [2.05, 4.69) is 17.5 Å². The first-order valence-electron chi connectivity index (χ1n) is 11.7. The maximum atomic E-state index is 12.7. The average molecular weight is 588 g/mol. The summed E-state index contributed by atoms with van der Waals surface area (Å²) in [7, 11) is 0. The molecule has 2 aromatic rings. The monoisotopic (exact) mass is 587 g/mol. The van der Waals surface area contributed by atoms with Gasteiger partial charge in [0.25, 0.3) is 0 Å². The fourth-order valence-electron chi connectivity index (χ4n) is 3.38. The third kappa shape index (κ3) is 12.8. The summed E-state index contributed by atoms with van der Waals surface area (Å²) in [5.41, 5.74) is 1.68. The Morgan fingerprint density at radius 2 is 1.87 bits per heavy atom. The van der Waals surface area contributed by atoms with Gasteiger partial charge in [0.15, 0.2) is 0 Å². The van der Waals surface area contributed by atoms with Gasteiger partial charge in [0, 0.05) is 18.0 Å². The normalized spacial score (nSPS) is 14.5. The number of alkyl halides is 3. The summed E-state index contributed by atoms with van der Waals surface area (Å²) in [4.78, 5) is 24.3. The summed E-state index contributed by atoms with van der Waals surface area (Å²) in [6, 6.07) is 15.6. The van der Waals surface area contributed by atoms with Crippen LogP contribution in [0.25, 0.3) is 0 Å². The molecule has 7 nitrogen and oxygen atoms in total. The van der Waals surface area contributed by atoms with Gasteiger partial charge in [-0.2, -0.15) is 55.1 Å². The molecule has 0 saturated carbocycles. The summed E-state index contributed by atoms with van der Waals surface area (Å²) in [6.45, 7) is 0.829. The Hall–Kier alpha value is -2.02. The zero-order valence-electron chi connectivity index (χ0n) is 21.7. The van der Waals surface area contributed by atoms with Crippen molar-refractivity contribution >= 4 is 35.1 Å². The number of nitrogens with one attached hydrogen (secondary N) is 3. The molecule has 1 aliphatic rings. The SMILES string of the molecule is Cc1ccc(C(=N)N(CCC(F)(F)F)C(=O)NCC(=N)C2=[C-]CC(C(=O)O)CC2)cc1.Clc1c[c-]ccc1.[K+]. The molecule has 0 saturated heterocycles. The second-order valence-corrected chi connectivity index (χ2v) is 8.96. The predicted molar refractivity (Wildman–Crippen MR) is 139 cm³/mol. The third-order valence-corrected chi connectivity index (χ3v) is 5.80. The summed E-state index contributed by atoms with van der Waals surface area (Å²) in [6.07, 6.45) is -2.08. The first kappa shape index (κ1) is 35.0. The molecule has 204 valence electrons. The molecule has 2 amide bonds. The number of hydrogen-bond donors (Lipinski definition) is 4. The van der Waals surface area contributed by atoms with Crippen molar-refractivity contribution in [3.8, 4) is 0 Å². The fourth-order valence-corrected chi connectivity index (χ4v) is 3.52. The van der Waals surface area contributed by atoms with Crippen LogP contribution in [0.5, 0.6) is 0 Å². The number of urea groups is 1. The smallest absolute Gasteiger partial charge is 0.481 e. The number of amidine groups is 1. The van der Waals surface area contributed by atoms with Gasteiger partial charge in [0.05, 0.1) is 6.42 Å². The van der Waals surface area contributed by atoms with Crippen molar-refractivity contribution in [2.75, 3.05) is 13.1 Å². The Morgan fingerprint density at radius 1 is 1.21 bits per heavy atom. The minimum absolute atomic E-state index is 0. The van der Waals surface area contributed by atoms with Gasteiger partial charge in [-0.1, -0.05) is 53.4 Å². The second-order valence-electron chi connectivity index (χ2n) is 8.52.